The van der Waals surface area contributed by atoms with E-state index in [4.69, 9.17) is 25.5 Å². The van der Waals surface area contributed by atoms with Crippen molar-refractivity contribution >= 4 is 25.8 Å². The van der Waals surface area contributed by atoms with Crippen molar-refractivity contribution < 1.29 is 31.9 Å². The Bertz CT molecular complexity index is 1090. The molecule has 0 bridgehead atoms. The number of ether oxygens (including phenoxy) is 2. The minimum atomic E-state index is -5.04. The fraction of sp³-hybridized carbons (Fsp3) is 0.667. The van der Waals surface area contributed by atoms with Crippen molar-refractivity contribution in [1.29, 1.82) is 0 Å². The molecular weight excluding hydrogens is 511 g/mol. The molecule has 2 heterocycles. The molecule has 14 heteroatoms. The maximum atomic E-state index is 12.4. The van der Waals surface area contributed by atoms with Gasteiger partial charge in [0.05, 0.1) is 19.3 Å². The van der Waals surface area contributed by atoms with Crippen LogP contribution in [0.3, 0.4) is 0 Å². The molecule has 1 aliphatic rings. The standard InChI is InChI=1S/C21H29ClF3N3O6Si/c1-20(2,3)35(4,5)33-11-15-14(32-12-22)9-16(34-15)28-10-13(17(29)27-19(28)31)7-6-8-26-18(30)21(23,24)25/h10,14-16H,8-9,11-12H2,1-5H3,(H,26,30)(H,27,29,31)/t14-,15-,16-/m1/s1. The molecular formula is C21H29ClF3N3O6Si. The number of nitrogens with zero attached hydrogens (tertiary/aromatic N) is 1. The van der Waals surface area contributed by atoms with Crippen LogP contribution in [0.15, 0.2) is 15.8 Å². The predicted molar refractivity (Wildman–Crippen MR) is 125 cm³/mol. The first-order valence-corrected chi connectivity index (χ1v) is 14.2. The minimum Gasteiger partial charge on any atom is -0.414 e. The average molecular weight is 540 g/mol. The number of aromatic amines is 1. The van der Waals surface area contributed by atoms with E-state index < -0.39 is 56.6 Å². The largest absolute Gasteiger partial charge is 0.471 e. The summed E-state index contributed by atoms with van der Waals surface area (Å²) in [5.74, 6) is 2.46. The molecule has 3 atom stereocenters. The average Bonchev–Trinajstić information content (AvgIpc) is 3.12. The van der Waals surface area contributed by atoms with E-state index in [9.17, 15) is 27.6 Å². The monoisotopic (exact) mass is 539 g/mol. The fourth-order valence-corrected chi connectivity index (χ4v) is 4.11. The van der Waals surface area contributed by atoms with Crippen LogP contribution in [0.1, 0.15) is 39.0 Å². The third-order valence-corrected chi connectivity index (χ3v) is 10.6. The summed E-state index contributed by atoms with van der Waals surface area (Å²) in [5, 5.41) is 1.54. The van der Waals surface area contributed by atoms with Crippen LogP contribution in [0, 0.1) is 11.8 Å². The summed E-state index contributed by atoms with van der Waals surface area (Å²) in [5.41, 5.74) is -1.78. The molecule has 2 N–H and O–H groups in total. The quantitative estimate of drug-likeness (QED) is 0.313. The molecule has 1 aromatic rings. The molecule has 9 nitrogen and oxygen atoms in total. The lowest BCUT2D eigenvalue weighted by molar-refractivity contribution is -0.173. The molecule has 35 heavy (non-hydrogen) atoms. The molecule has 0 unspecified atom stereocenters. The van der Waals surface area contributed by atoms with Gasteiger partial charge in [0.15, 0.2) is 8.32 Å². The van der Waals surface area contributed by atoms with E-state index in [2.05, 4.69) is 50.7 Å². The molecule has 1 fully saturated rings. The number of H-pyrrole nitrogens is 1. The Kier molecular flexibility index (Phi) is 9.40. The Labute approximate surface area is 206 Å². The number of nitrogens with one attached hydrogen (secondary N) is 2. The second-order valence-corrected chi connectivity index (χ2v) is 14.5. The molecule has 0 saturated carbocycles. The van der Waals surface area contributed by atoms with Crippen LogP contribution in [0.4, 0.5) is 13.2 Å². The number of hydrogen-bond donors (Lipinski definition) is 2. The Morgan fingerprint density at radius 3 is 2.57 bits per heavy atom. The number of hydrogen-bond acceptors (Lipinski definition) is 6. The smallest absolute Gasteiger partial charge is 0.414 e. The molecule has 1 aliphatic heterocycles. The molecule has 0 radical (unpaired) electrons. The number of carbonyl (C=O) groups excluding carboxylic acids is 1. The molecule has 2 rings (SSSR count). The number of rotatable bonds is 7. The normalized spacial score (nSPS) is 20.9. The van der Waals surface area contributed by atoms with E-state index in [1.165, 1.54) is 0 Å². The zero-order valence-corrected chi connectivity index (χ0v) is 21.8. The highest BCUT2D eigenvalue weighted by molar-refractivity contribution is 6.74. The van der Waals surface area contributed by atoms with Crippen molar-refractivity contribution in [2.75, 3.05) is 19.2 Å². The second-order valence-electron chi connectivity index (χ2n) is 9.44. The van der Waals surface area contributed by atoms with Crippen molar-refractivity contribution in [3.8, 4) is 11.8 Å². The van der Waals surface area contributed by atoms with E-state index >= 15 is 0 Å². The first-order chi connectivity index (χ1) is 16.1. The number of amides is 1. The summed E-state index contributed by atoms with van der Waals surface area (Å²) in [6.45, 7) is 10.0. The minimum absolute atomic E-state index is 0.0309. The predicted octanol–water partition coefficient (Wildman–Crippen LogP) is 2.46. The first-order valence-electron chi connectivity index (χ1n) is 10.7. The lowest BCUT2D eigenvalue weighted by atomic mass is 10.2. The Morgan fingerprint density at radius 2 is 2.00 bits per heavy atom. The third kappa shape index (κ3) is 7.68. The van der Waals surface area contributed by atoms with Gasteiger partial charge in [-0.15, -0.1) is 0 Å². The second kappa shape index (κ2) is 11.3. The van der Waals surface area contributed by atoms with Gasteiger partial charge in [0, 0.05) is 12.6 Å². The maximum Gasteiger partial charge on any atom is 0.471 e. The lowest BCUT2D eigenvalue weighted by Gasteiger charge is -2.37. The number of carbonyl (C=O) groups is 1. The van der Waals surface area contributed by atoms with Gasteiger partial charge in [-0.05, 0) is 18.1 Å². The highest BCUT2D eigenvalue weighted by atomic mass is 35.5. The van der Waals surface area contributed by atoms with Crippen molar-refractivity contribution in [3.63, 3.8) is 0 Å². The molecule has 0 spiro atoms. The Balaban J connectivity index is 2.20. The highest BCUT2D eigenvalue weighted by Crippen LogP contribution is 2.38. The first kappa shape index (κ1) is 29.1. The van der Waals surface area contributed by atoms with Crippen LogP contribution in [-0.4, -0.2) is 61.4 Å². The van der Waals surface area contributed by atoms with Crippen molar-refractivity contribution in [2.24, 2.45) is 0 Å². The highest BCUT2D eigenvalue weighted by Gasteiger charge is 2.42. The van der Waals surface area contributed by atoms with E-state index in [-0.39, 0.29) is 29.7 Å². The Morgan fingerprint density at radius 1 is 1.34 bits per heavy atom. The van der Waals surface area contributed by atoms with Crippen molar-refractivity contribution in [2.45, 2.75) is 69.9 Å². The van der Waals surface area contributed by atoms with Gasteiger partial charge in [-0.2, -0.15) is 13.2 Å². The molecule has 0 aliphatic carbocycles. The Hall–Kier alpha value is -2.11. The van der Waals surface area contributed by atoms with E-state index in [0.717, 1.165) is 10.8 Å². The van der Waals surface area contributed by atoms with Crippen LogP contribution < -0.4 is 16.6 Å². The summed E-state index contributed by atoms with van der Waals surface area (Å²) in [7, 11) is -2.10. The third-order valence-electron chi connectivity index (χ3n) is 5.97. The lowest BCUT2D eigenvalue weighted by Crippen LogP contribution is -2.44. The van der Waals surface area contributed by atoms with E-state index in [1.54, 1.807) is 5.32 Å². The summed E-state index contributed by atoms with van der Waals surface area (Å²) < 4.78 is 55.6. The van der Waals surface area contributed by atoms with E-state index in [0.29, 0.717) is 0 Å². The van der Waals surface area contributed by atoms with Crippen LogP contribution in [0.5, 0.6) is 0 Å². The van der Waals surface area contributed by atoms with Gasteiger partial charge in [0.25, 0.3) is 5.56 Å². The number of alkyl halides is 4. The summed E-state index contributed by atoms with van der Waals surface area (Å²) in [4.78, 5) is 37.5. The van der Waals surface area contributed by atoms with Gasteiger partial charge in [0.2, 0.25) is 0 Å². The maximum absolute atomic E-state index is 12.4. The SMILES string of the molecule is CC(C)(C)[Si](C)(C)OC[C@H]1O[C@@H](n2cc(C#CCNC(=O)C(F)(F)F)c(=O)[nH]c2=O)C[C@H]1OCCl. The van der Waals surface area contributed by atoms with Gasteiger partial charge < -0.3 is 19.2 Å². The summed E-state index contributed by atoms with van der Waals surface area (Å²) >= 11 is 5.76. The van der Waals surface area contributed by atoms with Crippen LogP contribution in [0.25, 0.3) is 0 Å². The number of aromatic nitrogens is 2. The van der Waals surface area contributed by atoms with Gasteiger partial charge in [0.1, 0.15) is 24.0 Å². The van der Waals surface area contributed by atoms with Gasteiger partial charge in [-0.25, -0.2) is 4.79 Å². The topological polar surface area (TPSA) is 112 Å². The van der Waals surface area contributed by atoms with E-state index in [1.807, 2.05) is 0 Å². The molecule has 196 valence electrons. The summed E-state index contributed by atoms with van der Waals surface area (Å²) in [6, 6.07) is -0.0990. The fourth-order valence-electron chi connectivity index (χ4n) is 2.94. The van der Waals surface area contributed by atoms with Gasteiger partial charge in [-0.3, -0.25) is 19.1 Å². The van der Waals surface area contributed by atoms with Gasteiger partial charge in [-0.1, -0.05) is 44.2 Å². The zero-order chi connectivity index (χ0) is 26.6. The van der Waals surface area contributed by atoms with Crippen LogP contribution in [-0.2, 0) is 18.7 Å². The molecule has 1 saturated heterocycles. The van der Waals surface area contributed by atoms with Crippen molar-refractivity contribution in [1.82, 2.24) is 14.9 Å². The molecule has 0 aromatic carbocycles. The molecule has 1 aromatic heterocycles. The van der Waals surface area contributed by atoms with Crippen LogP contribution in [0.2, 0.25) is 18.1 Å². The molecule has 1 amide bonds. The van der Waals surface area contributed by atoms with Crippen LogP contribution >= 0.6 is 11.6 Å². The number of halogens is 4. The zero-order valence-electron chi connectivity index (χ0n) is 20.0. The van der Waals surface area contributed by atoms with Gasteiger partial charge >= 0.3 is 17.8 Å². The summed E-state index contributed by atoms with van der Waals surface area (Å²) in [6.07, 6.45) is -5.49. The van der Waals surface area contributed by atoms with Crippen molar-refractivity contribution in [3.05, 3.63) is 32.6 Å².